The number of alkyl halides is 3. The molecular formula is C21H14F3N3O2U. The van der Waals surface area contributed by atoms with E-state index < -0.39 is 23.2 Å². The summed E-state index contributed by atoms with van der Waals surface area (Å²) in [7, 11) is 0. The first-order valence-corrected chi connectivity index (χ1v) is 8.12. The van der Waals surface area contributed by atoms with Gasteiger partial charge in [0.2, 0.25) is 11.8 Å². The first-order chi connectivity index (χ1) is 13.4. The molecule has 0 saturated carbocycles. The monoisotopic (exact) mass is 635 g/mol. The second-order valence-electron chi connectivity index (χ2n) is 5.85. The predicted octanol–water partition coefficient (Wildman–Crippen LogP) is 5.41. The molecular weight excluding hydrogens is 621 g/mol. The molecule has 4 rings (SSSR count). The molecule has 0 saturated heterocycles. The summed E-state index contributed by atoms with van der Waals surface area (Å²) in [5, 5.41) is 2.48. The summed E-state index contributed by atoms with van der Waals surface area (Å²) >= 11 is 0. The first kappa shape index (κ1) is 23.6. The average Bonchev–Trinajstić information content (AvgIpc) is 3.12. The normalized spacial score (nSPS) is 10.8. The van der Waals surface area contributed by atoms with Crippen LogP contribution in [0.25, 0.3) is 22.7 Å². The quantitative estimate of drug-likeness (QED) is 0.306. The summed E-state index contributed by atoms with van der Waals surface area (Å²) in [5.74, 6) is -0.590. The van der Waals surface area contributed by atoms with Gasteiger partial charge in [0.25, 0.3) is 0 Å². The number of nitrogens with one attached hydrogen (secondary N) is 1. The van der Waals surface area contributed by atoms with E-state index in [1.165, 1.54) is 6.07 Å². The number of benzene rings is 2. The van der Waals surface area contributed by atoms with Crippen LogP contribution >= 0.6 is 0 Å². The van der Waals surface area contributed by atoms with Crippen molar-refractivity contribution in [1.82, 2.24) is 9.97 Å². The second kappa shape index (κ2) is 9.46. The topological polar surface area (TPSA) is 68.0 Å². The fraction of sp³-hybridized carbons (Fsp3) is 0.0476. The zero-order chi connectivity index (χ0) is 19.7. The van der Waals surface area contributed by atoms with Crippen LogP contribution in [0.3, 0.4) is 0 Å². The van der Waals surface area contributed by atoms with Crippen molar-refractivity contribution in [3.05, 3.63) is 85.4 Å². The molecule has 30 heavy (non-hydrogen) atoms. The molecule has 2 aromatic carbocycles. The number of hydrogen-bond acceptors (Lipinski definition) is 4. The van der Waals surface area contributed by atoms with Gasteiger partial charge in [-0.25, -0.2) is 4.98 Å². The van der Waals surface area contributed by atoms with Crippen molar-refractivity contribution < 1.29 is 53.5 Å². The van der Waals surface area contributed by atoms with Crippen molar-refractivity contribution in [2.75, 3.05) is 5.32 Å². The van der Waals surface area contributed by atoms with Gasteiger partial charge in [-0.3, -0.25) is 4.79 Å². The summed E-state index contributed by atoms with van der Waals surface area (Å²) in [6.45, 7) is 0. The van der Waals surface area contributed by atoms with E-state index in [0.717, 1.165) is 12.1 Å². The molecule has 150 valence electrons. The van der Waals surface area contributed by atoms with Gasteiger partial charge >= 0.3 is 37.3 Å². The summed E-state index contributed by atoms with van der Waals surface area (Å²) in [5.41, 5.74) is 0.257. The Labute approximate surface area is 194 Å². The minimum Gasteiger partial charge on any atom is -0.434 e. The molecule has 2 aromatic heterocycles. The number of amides is 1. The Bertz CT molecular complexity index is 1140. The van der Waals surface area contributed by atoms with E-state index in [1.807, 2.05) is 0 Å². The van der Waals surface area contributed by atoms with Crippen LogP contribution in [0.5, 0.6) is 0 Å². The number of hydrogen-bond donors (Lipinski definition) is 1. The van der Waals surface area contributed by atoms with Crippen molar-refractivity contribution in [1.29, 1.82) is 0 Å². The van der Waals surface area contributed by atoms with Gasteiger partial charge in [0.1, 0.15) is 0 Å². The molecule has 0 spiro atoms. The number of oxazole rings is 1. The van der Waals surface area contributed by atoms with Crippen LogP contribution in [-0.4, -0.2) is 15.9 Å². The molecule has 0 atom stereocenters. The molecule has 0 radical (unpaired) electrons. The van der Waals surface area contributed by atoms with Gasteiger partial charge in [-0.15, -0.1) is 0 Å². The Hall–Kier alpha value is -2.63. The summed E-state index contributed by atoms with van der Waals surface area (Å²) in [6.07, 6.45) is -3.07. The van der Waals surface area contributed by atoms with E-state index in [2.05, 4.69) is 21.4 Å². The number of nitrogens with zero attached hydrogens (tertiary/aromatic N) is 2. The van der Waals surface area contributed by atoms with E-state index in [4.69, 9.17) is 4.42 Å². The van der Waals surface area contributed by atoms with Crippen LogP contribution in [0.1, 0.15) is 15.9 Å². The summed E-state index contributed by atoms with van der Waals surface area (Å²) in [4.78, 5) is 20.7. The fourth-order valence-corrected chi connectivity index (χ4v) is 2.68. The second-order valence-corrected chi connectivity index (χ2v) is 5.85. The van der Waals surface area contributed by atoms with Gasteiger partial charge in [0.15, 0.2) is 11.2 Å². The molecule has 0 aliphatic rings. The molecule has 4 aromatic rings. The molecule has 0 aliphatic carbocycles. The van der Waals surface area contributed by atoms with E-state index >= 15 is 0 Å². The molecule has 0 unspecified atom stereocenters. The Morgan fingerprint density at radius 1 is 1.13 bits per heavy atom. The summed E-state index contributed by atoms with van der Waals surface area (Å²) < 4.78 is 44.9. The molecule has 1 N–H and O–H groups in total. The number of rotatable bonds is 3. The number of aromatic nitrogens is 2. The number of carbonyl (C=O) groups excluding carboxylic acids is 1. The third-order valence-corrected chi connectivity index (χ3v) is 3.95. The van der Waals surface area contributed by atoms with Gasteiger partial charge in [-0.1, -0.05) is 11.6 Å². The average molecular weight is 635 g/mol. The molecule has 2 heterocycles. The van der Waals surface area contributed by atoms with Gasteiger partial charge in [-0.2, -0.15) is 42.4 Å². The van der Waals surface area contributed by atoms with Crippen LogP contribution in [-0.2, 0) is 6.18 Å². The first-order valence-electron chi connectivity index (χ1n) is 8.12. The van der Waals surface area contributed by atoms with Gasteiger partial charge in [0.05, 0.1) is 0 Å². The third-order valence-electron chi connectivity index (χ3n) is 3.95. The minimum atomic E-state index is -4.66. The van der Waals surface area contributed by atoms with E-state index in [0.29, 0.717) is 22.5 Å². The SMILES string of the molecule is O=C(Nc1cccc(-c2nc3ncccc3o2)c1)c1cc[c-]cc1C(F)(F)F.[CH3-].[U+2]. The number of pyridine rings is 1. The van der Waals surface area contributed by atoms with Crippen LogP contribution in [0.15, 0.2) is 65.2 Å². The zero-order valence-electron chi connectivity index (χ0n) is 15.6. The molecule has 1 amide bonds. The number of carbonyl (C=O) groups is 1. The fourth-order valence-electron chi connectivity index (χ4n) is 2.68. The van der Waals surface area contributed by atoms with Crippen molar-refractivity contribution in [2.45, 2.75) is 6.18 Å². The maximum absolute atomic E-state index is 13.1. The smallest absolute Gasteiger partial charge is 0.434 e. The van der Waals surface area contributed by atoms with Gasteiger partial charge in [-0.05, 0) is 35.9 Å². The van der Waals surface area contributed by atoms with Crippen molar-refractivity contribution in [2.24, 2.45) is 0 Å². The third kappa shape index (κ3) is 4.92. The predicted molar refractivity (Wildman–Crippen MR) is 102 cm³/mol. The Kier molecular flexibility index (Phi) is 7.45. The Morgan fingerprint density at radius 2 is 1.93 bits per heavy atom. The van der Waals surface area contributed by atoms with Crippen molar-refractivity contribution in [3.8, 4) is 11.5 Å². The standard InChI is InChI=1S/C20H11F3N3O2.CH3.U/c21-20(22,23)15-8-2-1-7-14(15)18(27)25-13-6-3-5-12(11-13)19-26-17-16(28-19)9-4-10-24-17;;/h1,3-11H,(H,25,27);1H3;/q2*-1;+2. The van der Waals surface area contributed by atoms with Crippen LogP contribution in [0.2, 0.25) is 0 Å². The van der Waals surface area contributed by atoms with Crippen molar-refractivity contribution >= 4 is 22.8 Å². The van der Waals surface area contributed by atoms with Crippen LogP contribution < -0.4 is 5.32 Å². The van der Waals surface area contributed by atoms with E-state index in [-0.39, 0.29) is 44.4 Å². The van der Waals surface area contributed by atoms with Crippen LogP contribution in [0, 0.1) is 44.6 Å². The molecule has 9 heteroatoms. The van der Waals surface area contributed by atoms with Crippen LogP contribution in [0.4, 0.5) is 18.9 Å². The molecule has 0 aliphatic heterocycles. The number of fused-ring (bicyclic) bond motifs is 1. The van der Waals surface area contributed by atoms with Crippen molar-refractivity contribution in [3.63, 3.8) is 0 Å². The zero-order valence-corrected chi connectivity index (χ0v) is 19.8. The maximum Gasteiger partial charge on any atom is 2.00 e. The number of anilines is 1. The van der Waals surface area contributed by atoms with Gasteiger partial charge < -0.3 is 17.2 Å². The minimum absolute atomic E-state index is 0. The molecule has 0 bridgehead atoms. The number of halogens is 3. The molecule has 0 fully saturated rings. The largest absolute Gasteiger partial charge is 2.00 e. The Balaban J connectivity index is 0.00000160. The van der Waals surface area contributed by atoms with E-state index in [1.54, 1.807) is 42.6 Å². The Morgan fingerprint density at radius 3 is 2.67 bits per heavy atom. The maximum atomic E-state index is 13.1. The molecule has 5 nitrogen and oxygen atoms in total. The van der Waals surface area contributed by atoms with E-state index in [9.17, 15) is 18.0 Å². The summed E-state index contributed by atoms with van der Waals surface area (Å²) in [6, 6.07) is 15.3. The van der Waals surface area contributed by atoms with Gasteiger partial charge in [0, 0.05) is 17.4 Å².